The van der Waals surface area contributed by atoms with E-state index in [1.807, 2.05) is 6.07 Å². The van der Waals surface area contributed by atoms with E-state index in [1.165, 1.54) is 17.0 Å². The molecule has 0 aliphatic carbocycles. The number of aromatic nitrogens is 2. The lowest BCUT2D eigenvalue weighted by Crippen LogP contribution is -2.11. The van der Waals surface area contributed by atoms with Gasteiger partial charge in [0.15, 0.2) is 0 Å². The first kappa shape index (κ1) is 13.0. The highest BCUT2D eigenvalue weighted by atomic mass is 32.1. The minimum Gasteiger partial charge on any atom is -0.308 e. The monoisotopic (exact) mass is 287 g/mol. The van der Waals surface area contributed by atoms with Crippen molar-refractivity contribution >= 4 is 11.3 Å². The van der Waals surface area contributed by atoms with E-state index >= 15 is 0 Å². The maximum absolute atomic E-state index is 13.0. The third kappa shape index (κ3) is 2.95. The molecular formula is C15H14FN3S. The van der Waals surface area contributed by atoms with Crippen LogP contribution >= 0.6 is 11.3 Å². The zero-order chi connectivity index (χ0) is 13.8. The highest BCUT2D eigenvalue weighted by Gasteiger charge is 2.07. The molecule has 0 amide bonds. The third-order valence-corrected chi connectivity index (χ3v) is 3.92. The summed E-state index contributed by atoms with van der Waals surface area (Å²) in [6, 6.07) is 10.6. The number of nitrogens with one attached hydrogen (secondary N) is 2. The molecule has 2 N–H and O–H groups in total. The van der Waals surface area contributed by atoms with Gasteiger partial charge in [0.25, 0.3) is 0 Å². The molecule has 0 bridgehead atoms. The second-order valence-corrected chi connectivity index (χ2v) is 5.49. The predicted octanol–water partition coefficient (Wildman–Crippen LogP) is 3.57. The SMILES string of the molecule is Fc1ccc(-c2[nH]ncc2CNCc2cccs2)cc1. The van der Waals surface area contributed by atoms with Gasteiger partial charge in [0.1, 0.15) is 5.82 Å². The average molecular weight is 287 g/mol. The van der Waals surface area contributed by atoms with Gasteiger partial charge in [-0.2, -0.15) is 5.10 Å². The van der Waals surface area contributed by atoms with Crippen LogP contribution < -0.4 is 5.32 Å². The lowest BCUT2D eigenvalue weighted by Gasteiger charge is -2.05. The molecule has 1 aromatic carbocycles. The van der Waals surface area contributed by atoms with E-state index in [0.29, 0.717) is 0 Å². The van der Waals surface area contributed by atoms with Crippen LogP contribution in [0.4, 0.5) is 4.39 Å². The number of thiophene rings is 1. The fourth-order valence-corrected chi connectivity index (χ4v) is 2.72. The lowest BCUT2D eigenvalue weighted by atomic mass is 10.1. The average Bonchev–Trinajstić information content (AvgIpc) is 3.11. The van der Waals surface area contributed by atoms with Crippen LogP contribution in [0.3, 0.4) is 0 Å². The van der Waals surface area contributed by atoms with Gasteiger partial charge in [0, 0.05) is 29.1 Å². The van der Waals surface area contributed by atoms with Crippen LogP contribution in [0.5, 0.6) is 0 Å². The van der Waals surface area contributed by atoms with E-state index in [4.69, 9.17) is 0 Å². The Labute approximate surface area is 120 Å². The van der Waals surface area contributed by atoms with E-state index in [1.54, 1.807) is 29.7 Å². The predicted molar refractivity (Wildman–Crippen MR) is 78.8 cm³/mol. The molecule has 20 heavy (non-hydrogen) atoms. The van der Waals surface area contributed by atoms with Gasteiger partial charge >= 0.3 is 0 Å². The van der Waals surface area contributed by atoms with Crippen LogP contribution in [0, 0.1) is 5.82 Å². The van der Waals surface area contributed by atoms with Gasteiger partial charge in [0.2, 0.25) is 0 Å². The van der Waals surface area contributed by atoms with Crippen LogP contribution in [0.2, 0.25) is 0 Å². The molecular weight excluding hydrogens is 273 g/mol. The summed E-state index contributed by atoms with van der Waals surface area (Å²) in [7, 11) is 0. The standard InChI is InChI=1S/C15H14FN3S/c16-13-5-3-11(4-6-13)15-12(9-18-19-15)8-17-10-14-2-1-7-20-14/h1-7,9,17H,8,10H2,(H,18,19). The number of halogens is 1. The fourth-order valence-electron chi connectivity index (χ4n) is 2.05. The zero-order valence-electron chi connectivity index (χ0n) is 10.8. The molecule has 0 fully saturated rings. The topological polar surface area (TPSA) is 40.7 Å². The summed E-state index contributed by atoms with van der Waals surface area (Å²) in [5.41, 5.74) is 2.95. The van der Waals surface area contributed by atoms with Crippen LogP contribution in [0.25, 0.3) is 11.3 Å². The number of hydrogen-bond donors (Lipinski definition) is 2. The second kappa shape index (κ2) is 5.98. The Hall–Kier alpha value is -1.98. The summed E-state index contributed by atoms with van der Waals surface area (Å²) >= 11 is 1.73. The molecule has 0 radical (unpaired) electrons. The number of hydrogen-bond acceptors (Lipinski definition) is 3. The van der Waals surface area contributed by atoms with E-state index in [0.717, 1.165) is 29.9 Å². The Bertz CT molecular complexity index is 659. The van der Waals surface area contributed by atoms with E-state index in [9.17, 15) is 4.39 Å². The van der Waals surface area contributed by atoms with Crippen molar-refractivity contribution in [2.75, 3.05) is 0 Å². The highest BCUT2D eigenvalue weighted by Crippen LogP contribution is 2.21. The number of aromatic amines is 1. The zero-order valence-corrected chi connectivity index (χ0v) is 11.6. The number of rotatable bonds is 5. The highest BCUT2D eigenvalue weighted by molar-refractivity contribution is 7.09. The minimum absolute atomic E-state index is 0.231. The first-order valence-electron chi connectivity index (χ1n) is 6.34. The Balaban J connectivity index is 1.68. The third-order valence-electron chi connectivity index (χ3n) is 3.05. The Morgan fingerprint density at radius 3 is 2.75 bits per heavy atom. The van der Waals surface area contributed by atoms with Crippen molar-refractivity contribution in [1.29, 1.82) is 0 Å². The quantitative estimate of drug-likeness (QED) is 0.753. The Morgan fingerprint density at radius 1 is 1.15 bits per heavy atom. The van der Waals surface area contributed by atoms with Crippen molar-refractivity contribution < 1.29 is 4.39 Å². The van der Waals surface area contributed by atoms with Crippen molar-refractivity contribution in [3.63, 3.8) is 0 Å². The summed E-state index contributed by atoms with van der Waals surface area (Å²) in [5.74, 6) is -0.231. The van der Waals surface area contributed by atoms with Gasteiger partial charge < -0.3 is 5.32 Å². The van der Waals surface area contributed by atoms with Crippen molar-refractivity contribution in [3.8, 4) is 11.3 Å². The maximum atomic E-state index is 13.0. The summed E-state index contributed by atoms with van der Waals surface area (Å²) in [5, 5.41) is 12.5. The largest absolute Gasteiger partial charge is 0.308 e. The van der Waals surface area contributed by atoms with E-state index < -0.39 is 0 Å². The molecule has 0 atom stereocenters. The van der Waals surface area contributed by atoms with Gasteiger partial charge in [-0.25, -0.2) is 4.39 Å². The van der Waals surface area contributed by atoms with Crippen molar-refractivity contribution in [2.24, 2.45) is 0 Å². The van der Waals surface area contributed by atoms with Crippen molar-refractivity contribution in [3.05, 3.63) is 64.2 Å². The summed E-state index contributed by atoms with van der Waals surface area (Å²) in [4.78, 5) is 1.30. The van der Waals surface area contributed by atoms with Gasteiger partial charge in [-0.3, -0.25) is 5.10 Å². The molecule has 0 saturated carbocycles. The molecule has 2 heterocycles. The number of nitrogens with zero attached hydrogens (tertiary/aromatic N) is 1. The van der Waals surface area contributed by atoms with Crippen molar-refractivity contribution in [1.82, 2.24) is 15.5 Å². The van der Waals surface area contributed by atoms with Crippen LogP contribution in [-0.4, -0.2) is 10.2 Å². The van der Waals surface area contributed by atoms with E-state index in [-0.39, 0.29) is 5.82 Å². The molecule has 0 aliphatic rings. The molecule has 3 aromatic rings. The lowest BCUT2D eigenvalue weighted by molar-refractivity contribution is 0.628. The Morgan fingerprint density at radius 2 is 2.00 bits per heavy atom. The van der Waals surface area contributed by atoms with Gasteiger partial charge in [-0.05, 0) is 35.7 Å². The molecule has 3 nitrogen and oxygen atoms in total. The first-order chi connectivity index (χ1) is 9.83. The number of benzene rings is 1. The molecule has 3 rings (SSSR count). The molecule has 2 aromatic heterocycles. The van der Waals surface area contributed by atoms with Gasteiger partial charge in [-0.1, -0.05) is 6.07 Å². The normalized spacial score (nSPS) is 10.8. The molecule has 5 heteroatoms. The smallest absolute Gasteiger partial charge is 0.123 e. The summed E-state index contributed by atoms with van der Waals surface area (Å²) in [6.07, 6.45) is 1.81. The maximum Gasteiger partial charge on any atom is 0.123 e. The molecule has 0 aliphatic heterocycles. The number of H-pyrrole nitrogens is 1. The molecule has 0 unspecified atom stereocenters. The molecule has 0 spiro atoms. The second-order valence-electron chi connectivity index (χ2n) is 4.46. The van der Waals surface area contributed by atoms with Crippen LogP contribution in [-0.2, 0) is 13.1 Å². The van der Waals surface area contributed by atoms with Crippen LogP contribution in [0.1, 0.15) is 10.4 Å². The van der Waals surface area contributed by atoms with E-state index in [2.05, 4.69) is 27.0 Å². The first-order valence-corrected chi connectivity index (χ1v) is 7.22. The van der Waals surface area contributed by atoms with Gasteiger partial charge in [-0.15, -0.1) is 11.3 Å². The molecule has 0 saturated heterocycles. The fraction of sp³-hybridized carbons (Fsp3) is 0.133. The minimum atomic E-state index is -0.231. The Kier molecular flexibility index (Phi) is 3.90. The summed E-state index contributed by atoms with van der Waals surface area (Å²) < 4.78 is 13.0. The molecule has 102 valence electrons. The van der Waals surface area contributed by atoms with Crippen molar-refractivity contribution in [2.45, 2.75) is 13.1 Å². The van der Waals surface area contributed by atoms with Crippen LogP contribution in [0.15, 0.2) is 48.0 Å². The van der Waals surface area contributed by atoms with Gasteiger partial charge in [0.05, 0.1) is 11.9 Å². The summed E-state index contributed by atoms with van der Waals surface area (Å²) in [6.45, 7) is 1.56.